The predicted octanol–water partition coefficient (Wildman–Crippen LogP) is 4.60. The average molecular weight is 397 g/mol. The van der Waals surface area contributed by atoms with E-state index in [9.17, 15) is 0 Å². The highest BCUT2D eigenvalue weighted by Crippen LogP contribution is 2.39. The molecule has 3 aromatic rings. The molecule has 0 bridgehead atoms. The molecule has 0 fully saturated rings. The molecule has 2 aromatic heterocycles. The van der Waals surface area contributed by atoms with Crippen molar-refractivity contribution < 1.29 is 0 Å². The van der Waals surface area contributed by atoms with E-state index in [1.54, 1.807) is 11.3 Å². The van der Waals surface area contributed by atoms with E-state index in [0.717, 1.165) is 33.8 Å². The van der Waals surface area contributed by atoms with Gasteiger partial charge in [0, 0.05) is 33.1 Å². The SMILES string of the molecule is Cc1cc(Nc2nc(N)nc(Cl)n2)cc(-c2cc3c(s2)CC=CC=C3)c1N. The number of hydrogen-bond donors (Lipinski definition) is 3. The van der Waals surface area contributed by atoms with Crippen molar-refractivity contribution in [2.24, 2.45) is 0 Å². The van der Waals surface area contributed by atoms with E-state index in [0.29, 0.717) is 0 Å². The van der Waals surface area contributed by atoms with Crippen LogP contribution in [0.25, 0.3) is 16.5 Å². The summed E-state index contributed by atoms with van der Waals surface area (Å²) in [5.41, 5.74) is 16.7. The molecule has 8 heteroatoms. The second kappa shape index (κ2) is 7.02. The highest BCUT2D eigenvalue weighted by molar-refractivity contribution is 7.15. The second-order valence-corrected chi connectivity index (χ2v) is 7.62. The van der Waals surface area contributed by atoms with Gasteiger partial charge in [0.05, 0.1) is 0 Å². The fraction of sp³-hybridized carbons (Fsp3) is 0.105. The number of nitrogen functional groups attached to an aromatic ring is 2. The van der Waals surface area contributed by atoms with Crippen molar-refractivity contribution >= 4 is 52.3 Å². The first kappa shape index (κ1) is 17.5. The summed E-state index contributed by atoms with van der Waals surface area (Å²) in [6.45, 7) is 1.97. The molecule has 6 nitrogen and oxygen atoms in total. The van der Waals surface area contributed by atoms with E-state index in [2.05, 4.69) is 50.6 Å². The van der Waals surface area contributed by atoms with Gasteiger partial charge >= 0.3 is 0 Å². The van der Waals surface area contributed by atoms with Crippen LogP contribution in [0.4, 0.5) is 23.3 Å². The average Bonchev–Trinajstić information content (AvgIpc) is 2.87. The lowest BCUT2D eigenvalue weighted by atomic mass is 10.0. The zero-order valence-corrected chi connectivity index (χ0v) is 16.1. The molecule has 136 valence electrons. The van der Waals surface area contributed by atoms with Crippen molar-refractivity contribution in [2.45, 2.75) is 13.3 Å². The van der Waals surface area contributed by atoms with Gasteiger partial charge < -0.3 is 16.8 Å². The summed E-state index contributed by atoms with van der Waals surface area (Å²) < 4.78 is 0. The number of nitrogens with zero attached hydrogens (tertiary/aromatic N) is 3. The number of nitrogens with one attached hydrogen (secondary N) is 1. The minimum absolute atomic E-state index is 0.0410. The lowest BCUT2D eigenvalue weighted by Crippen LogP contribution is -2.04. The van der Waals surface area contributed by atoms with Crippen LogP contribution in [0.3, 0.4) is 0 Å². The summed E-state index contributed by atoms with van der Waals surface area (Å²) in [5.74, 6) is 0.351. The van der Waals surface area contributed by atoms with Crippen molar-refractivity contribution in [1.29, 1.82) is 0 Å². The Morgan fingerprint density at radius 3 is 2.78 bits per heavy atom. The number of thiophene rings is 1. The van der Waals surface area contributed by atoms with Gasteiger partial charge in [-0.25, -0.2) is 0 Å². The summed E-state index contributed by atoms with van der Waals surface area (Å²) in [6.07, 6.45) is 9.33. The van der Waals surface area contributed by atoms with Crippen molar-refractivity contribution in [1.82, 2.24) is 15.0 Å². The number of hydrogen-bond acceptors (Lipinski definition) is 7. The Bertz CT molecular complexity index is 1070. The number of aromatic nitrogens is 3. The van der Waals surface area contributed by atoms with Gasteiger partial charge in [0.15, 0.2) is 0 Å². The van der Waals surface area contributed by atoms with E-state index in [1.165, 1.54) is 10.4 Å². The maximum absolute atomic E-state index is 6.38. The number of fused-ring (bicyclic) bond motifs is 1. The fourth-order valence-electron chi connectivity index (χ4n) is 2.91. The maximum atomic E-state index is 6.38. The Kier molecular flexibility index (Phi) is 4.55. The Morgan fingerprint density at radius 2 is 1.96 bits per heavy atom. The van der Waals surface area contributed by atoms with Crippen molar-refractivity contribution in [3.63, 3.8) is 0 Å². The Hall–Kier alpha value is -2.90. The van der Waals surface area contributed by atoms with Crippen LogP contribution < -0.4 is 16.8 Å². The first-order valence-electron chi connectivity index (χ1n) is 8.30. The molecule has 27 heavy (non-hydrogen) atoms. The molecule has 1 aromatic carbocycles. The molecule has 4 rings (SSSR count). The first-order valence-corrected chi connectivity index (χ1v) is 9.49. The standard InChI is InChI=1S/C19H17ClN6S/c1-10-7-12(23-19-25-17(20)24-18(22)26-19)9-13(16(10)21)15-8-11-5-3-2-4-6-14(11)27-15/h2-5,7-9H,6,21H2,1H3,(H3,22,23,24,25,26). The molecular formula is C19H17ClN6S. The van der Waals surface area contributed by atoms with Gasteiger partial charge in [-0.2, -0.15) is 15.0 Å². The molecule has 0 unspecified atom stereocenters. The monoisotopic (exact) mass is 396 g/mol. The number of nitrogens with two attached hydrogens (primary N) is 2. The van der Waals surface area contributed by atoms with Crippen LogP contribution in [-0.4, -0.2) is 15.0 Å². The molecule has 0 spiro atoms. The molecule has 0 saturated carbocycles. The topological polar surface area (TPSA) is 103 Å². The van der Waals surface area contributed by atoms with Crippen molar-refractivity contribution in [3.8, 4) is 10.4 Å². The highest BCUT2D eigenvalue weighted by atomic mass is 35.5. The third-order valence-electron chi connectivity index (χ3n) is 4.20. The van der Waals surface area contributed by atoms with E-state index in [1.807, 2.05) is 19.1 Å². The lowest BCUT2D eigenvalue weighted by molar-refractivity contribution is 1.07. The van der Waals surface area contributed by atoms with Gasteiger partial charge in [0.2, 0.25) is 17.2 Å². The van der Waals surface area contributed by atoms with Crippen LogP contribution in [0.1, 0.15) is 16.0 Å². The minimum Gasteiger partial charge on any atom is -0.398 e. The van der Waals surface area contributed by atoms with Gasteiger partial charge in [-0.15, -0.1) is 11.3 Å². The molecule has 0 amide bonds. The minimum atomic E-state index is 0.0410. The maximum Gasteiger partial charge on any atom is 0.233 e. The number of aryl methyl sites for hydroxylation is 1. The fourth-order valence-corrected chi connectivity index (χ4v) is 4.24. The molecule has 0 atom stereocenters. The number of allylic oxidation sites excluding steroid dienone is 3. The molecule has 2 heterocycles. The normalized spacial score (nSPS) is 12.7. The summed E-state index contributed by atoms with van der Waals surface area (Å²) >= 11 is 7.61. The lowest BCUT2D eigenvalue weighted by Gasteiger charge is -2.12. The van der Waals surface area contributed by atoms with Crippen LogP contribution >= 0.6 is 22.9 Å². The van der Waals surface area contributed by atoms with E-state index < -0.39 is 0 Å². The molecule has 0 radical (unpaired) electrons. The quantitative estimate of drug-likeness (QED) is 0.559. The second-order valence-electron chi connectivity index (χ2n) is 6.15. The largest absolute Gasteiger partial charge is 0.398 e. The summed E-state index contributed by atoms with van der Waals surface area (Å²) in [6, 6.07) is 6.10. The molecule has 0 aliphatic heterocycles. The van der Waals surface area contributed by atoms with Crippen LogP contribution in [0, 0.1) is 6.92 Å². The molecule has 1 aliphatic carbocycles. The smallest absolute Gasteiger partial charge is 0.233 e. The molecular weight excluding hydrogens is 380 g/mol. The van der Waals surface area contributed by atoms with Gasteiger partial charge in [-0.05, 0) is 47.9 Å². The van der Waals surface area contributed by atoms with Crippen LogP contribution in [0.5, 0.6) is 0 Å². The van der Waals surface area contributed by atoms with Crippen LogP contribution in [0.15, 0.2) is 36.4 Å². The van der Waals surface area contributed by atoms with Gasteiger partial charge in [-0.1, -0.05) is 24.3 Å². The van der Waals surface area contributed by atoms with Crippen LogP contribution in [-0.2, 0) is 6.42 Å². The Morgan fingerprint density at radius 1 is 1.11 bits per heavy atom. The number of halogens is 1. The number of anilines is 4. The van der Waals surface area contributed by atoms with Gasteiger partial charge in [0.25, 0.3) is 0 Å². The first-order chi connectivity index (χ1) is 13.0. The van der Waals surface area contributed by atoms with E-state index in [4.69, 9.17) is 23.1 Å². The Labute approximate surface area is 165 Å². The predicted molar refractivity (Wildman–Crippen MR) is 113 cm³/mol. The van der Waals surface area contributed by atoms with Crippen molar-refractivity contribution in [2.75, 3.05) is 16.8 Å². The van der Waals surface area contributed by atoms with E-state index in [-0.39, 0.29) is 17.2 Å². The molecule has 0 saturated heterocycles. The Balaban J connectivity index is 1.74. The molecule has 5 N–H and O–H groups in total. The highest BCUT2D eigenvalue weighted by Gasteiger charge is 2.14. The zero-order chi connectivity index (χ0) is 19.0. The molecule has 1 aliphatic rings. The third-order valence-corrected chi connectivity index (χ3v) is 5.58. The van der Waals surface area contributed by atoms with Gasteiger partial charge in [0.1, 0.15) is 0 Å². The number of benzene rings is 1. The number of rotatable bonds is 3. The van der Waals surface area contributed by atoms with Crippen molar-refractivity contribution in [3.05, 3.63) is 57.7 Å². The summed E-state index contributed by atoms with van der Waals surface area (Å²) in [5, 5.41) is 3.17. The van der Waals surface area contributed by atoms with Gasteiger partial charge in [-0.3, -0.25) is 0 Å². The van der Waals surface area contributed by atoms with Crippen LogP contribution in [0.2, 0.25) is 5.28 Å². The zero-order valence-electron chi connectivity index (χ0n) is 14.5. The third kappa shape index (κ3) is 3.65. The summed E-state index contributed by atoms with van der Waals surface area (Å²) in [4.78, 5) is 14.3. The summed E-state index contributed by atoms with van der Waals surface area (Å²) in [7, 11) is 0. The van der Waals surface area contributed by atoms with E-state index >= 15 is 0 Å².